The van der Waals surface area contributed by atoms with E-state index in [1.165, 1.54) is 0 Å². The summed E-state index contributed by atoms with van der Waals surface area (Å²) in [6.07, 6.45) is 2.18. The molecular formula is C19H33IN4O2. The summed E-state index contributed by atoms with van der Waals surface area (Å²) in [5.74, 6) is 1.61. The van der Waals surface area contributed by atoms with Crippen molar-refractivity contribution in [2.24, 2.45) is 4.99 Å². The Balaban J connectivity index is 0.00000625. The second kappa shape index (κ2) is 13.7. The van der Waals surface area contributed by atoms with Gasteiger partial charge in [0.25, 0.3) is 0 Å². The highest BCUT2D eigenvalue weighted by atomic mass is 127. The van der Waals surface area contributed by atoms with E-state index in [1.54, 1.807) is 19.0 Å². The highest BCUT2D eigenvalue weighted by Gasteiger charge is 2.09. The van der Waals surface area contributed by atoms with Gasteiger partial charge in [0, 0.05) is 34.2 Å². The number of amides is 1. The van der Waals surface area contributed by atoms with Gasteiger partial charge in [0.1, 0.15) is 12.3 Å². The lowest BCUT2D eigenvalue weighted by Crippen LogP contribution is -2.40. The number of unbranched alkanes of at least 4 members (excludes halogenated alkanes) is 1. The maximum atomic E-state index is 11.8. The number of nitrogens with zero attached hydrogens (tertiary/aromatic N) is 3. The number of halogens is 1. The Morgan fingerprint density at radius 1 is 1.15 bits per heavy atom. The Morgan fingerprint density at radius 2 is 1.81 bits per heavy atom. The summed E-state index contributed by atoms with van der Waals surface area (Å²) in [6.45, 7) is 6.49. The summed E-state index contributed by atoms with van der Waals surface area (Å²) in [5, 5.41) is 3.35. The molecule has 0 aliphatic rings. The number of likely N-dealkylation sites (N-methyl/N-ethyl adjacent to an activating group) is 1. The smallest absolute Gasteiger partial charge is 0.243 e. The van der Waals surface area contributed by atoms with Gasteiger partial charge >= 0.3 is 0 Å². The number of carbonyl (C=O) groups excluding carboxylic acids is 1. The zero-order chi connectivity index (χ0) is 18.7. The maximum Gasteiger partial charge on any atom is 0.243 e. The molecule has 0 atom stereocenters. The molecule has 148 valence electrons. The van der Waals surface area contributed by atoms with E-state index in [1.807, 2.05) is 31.0 Å². The van der Waals surface area contributed by atoms with Gasteiger partial charge in [-0.05, 0) is 31.0 Å². The minimum absolute atomic E-state index is 0. The number of rotatable bonds is 9. The normalized spacial score (nSPS) is 10.7. The van der Waals surface area contributed by atoms with Crippen molar-refractivity contribution in [3.05, 3.63) is 29.8 Å². The number of hydrogen-bond acceptors (Lipinski definition) is 3. The van der Waals surface area contributed by atoms with Gasteiger partial charge < -0.3 is 19.9 Å². The molecule has 0 fully saturated rings. The van der Waals surface area contributed by atoms with Crippen LogP contribution < -0.4 is 10.1 Å². The maximum absolute atomic E-state index is 11.8. The fraction of sp³-hybridized carbons (Fsp3) is 0.579. The Morgan fingerprint density at radius 3 is 2.35 bits per heavy atom. The molecule has 0 spiro atoms. The third kappa shape index (κ3) is 9.26. The van der Waals surface area contributed by atoms with E-state index in [4.69, 9.17) is 4.74 Å². The quantitative estimate of drug-likeness (QED) is 0.258. The highest BCUT2D eigenvalue weighted by molar-refractivity contribution is 14.0. The Kier molecular flexibility index (Phi) is 12.9. The fourth-order valence-electron chi connectivity index (χ4n) is 2.18. The average Bonchev–Trinajstić information content (AvgIpc) is 2.59. The van der Waals surface area contributed by atoms with Crippen molar-refractivity contribution in [1.82, 2.24) is 15.1 Å². The van der Waals surface area contributed by atoms with Crippen molar-refractivity contribution >= 4 is 35.8 Å². The fourth-order valence-corrected chi connectivity index (χ4v) is 2.18. The van der Waals surface area contributed by atoms with E-state index >= 15 is 0 Å². The van der Waals surface area contributed by atoms with Crippen LogP contribution in [0.2, 0.25) is 0 Å². The molecule has 0 aromatic heterocycles. The molecule has 26 heavy (non-hydrogen) atoms. The summed E-state index contributed by atoms with van der Waals surface area (Å²) < 4.78 is 5.47. The molecule has 1 N–H and O–H groups in total. The molecule has 0 bridgehead atoms. The van der Waals surface area contributed by atoms with Crippen LogP contribution in [-0.2, 0) is 11.3 Å². The average molecular weight is 476 g/mol. The molecule has 0 unspecified atom stereocenters. The summed E-state index contributed by atoms with van der Waals surface area (Å²) in [6, 6.07) is 8.05. The van der Waals surface area contributed by atoms with Gasteiger partial charge in [-0.3, -0.25) is 4.79 Å². The number of aliphatic imine (C=N–C) groups is 1. The first kappa shape index (κ1) is 24.5. The van der Waals surface area contributed by atoms with Crippen molar-refractivity contribution in [3.8, 4) is 5.75 Å². The Bertz CT molecular complexity index is 547. The number of ether oxygens (including phenoxy) is 1. The number of carbonyl (C=O) groups is 1. The number of guanidine groups is 1. The largest absolute Gasteiger partial charge is 0.494 e. The van der Waals surface area contributed by atoms with Crippen LogP contribution in [0.25, 0.3) is 0 Å². The van der Waals surface area contributed by atoms with E-state index in [9.17, 15) is 4.79 Å². The third-order valence-electron chi connectivity index (χ3n) is 3.69. The van der Waals surface area contributed by atoms with Gasteiger partial charge in [0.2, 0.25) is 5.91 Å². The molecule has 0 heterocycles. The summed E-state index contributed by atoms with van der Waals surface area (Å²) in [4.78, 5) is 19.9. The van der Waals surface area contributed by atoms with Gasteiger partial charge in [0.05, 0.1) is 6.61 Å². The topological polar surface area (TPSA) is 57.2 Å². The van der Waals surface area contributed by atoms with Crippen LogP contribution in [0, 0.1) is 0 Å². The molecular weight excluding hydrogens is 443 g/mol. The van der Waals surface area contributed by atoms with Crippen LogP contribution in [0.15, 0.2) is 29.3 Å². The number of nitrogens with one attached hydrogen (secondary N) is 1. The molecule has 1 amide bonds. The van der Waals surface area contributed by atoms with Gasteiger partial charge in [-0.2, -0.15) is 0 Å². The second-order valence-electron chi connectivity index (χ2n) is 6.14. The molecule has 0 radical (unpaired) electrons. The Labute approximate surface area is 175 Å². The first-order chi connectivity index (χ1) is 12.0. The zero-order valence-corrected chi connectivity index (χ0v) is 18.9. The van der Waals surface area contributed by atoms with E-state index < -0.39 is 0 Å². The monoisotopic (exact) mass is 476 g/mol. The predicted octanol–water partition coefficient (Wildman–Crippen LogP) is 2.97. The molecule has 1 aromatic rings. The van der Waals surface area contributed by atoms with Gasteiger partial charge in [-0.1, -0.05) is 25.5 Å². The minimum Gasteiger partial charge on any atom is -0.494 e. The third-order valence-corrected chi connectivity index (χ3v) is 3.69. The molecule has 6 nitrogen and oxygen atoms in total. The summed E-state index contributed by atoms with van der Waals surface area (Å²) in [7, 11) is 5.46. The molecule has 1 rings (SSSR count). The number of hydrogen-bond donors (Lipinski definition) is 1. The SMILES string of the molecule is CCCCNC(=NCC(=O)N(C)C)N(C)Cc1ccc(OCC)cc1.I. The lowest BCUT2D eigenvalue weighted by molar-refractivity contribution is -0.127. The molecule has 0 aliphatic carbocycles. The van der Waals surface area contributed by atoms with Crippen LogP contribution in [0.5, 0.6) is 5.75 Å². The van der Waals surface area contributed by atoms with E-state index in [0.29, 0.717) is 13.2 Å². The first-order valence-corrected chi connectivity index (χ1v) is 8.89. The van der Waals surface area contributed by atoms with Crippen molar-refractivity contribution in [2.45, 2.75) is 33.2 Å². The summed E-state index contributed by atoms with van der Waals surface area (Å²) in [5.41, 5.74) is 1.16. The van der Waals surface area contributed by atoms with E-state index in [2.05, 4.69) is 29.4 Å². The summed E-state index contributed by atoms with van der Waals surface area (Å²) >= 11 is 0. The lowest BCUT2D eigenvalue weighted by Gasteiger charge is -2.23. The standard InChI is InChI=1S/C19H32N4O2.HI/c1-6-8-13-20-19(21-14-18(24)22(3)4)23(5)15-16-9-11-17(12-10-16)25-7-2;/h9-12H,6-8,13-15H2,1-5H3,(H,20,21);1H. The van der Waals surface area contributed by atoms with Crippen LogP contribution >= 0.6 is 24.0 Å². The first-order valence-electron chi connectivity index (χ1n) is 8.89. The van der Waals surface area contributed by atoms with Crippen LogP contribution in [0.3, 0.4) is 0 Å². The molecule has 0 aliphatic heterocycles. The minimum atomic E-state index is -0.00995. The van der Waals surface area contributed by atoms with E-state index in [-0.39, 0.29) is 36.4 Å². The van der Waals surface area contributed by atoms with Gasteiger partial charge in [0.15, 0.2) is 5.96 Å². The molecule has 0 saturated heterocycles. The van der Waals surface area contributed by atoms with E-state index in [0.717, 1.165) is 36.7 Å². The van der Waals surface area contributed by atoms with Crippen LogP contribution in [0.4, 0.5) is 0 Å². The van der Waals surface area contributed by atoms with Crippen molar-refractivity contribution < 1.29 is 9.53 Å². The van der Waals surface area contributed by atoms with Gasteiger partial charge in [-0.25, -0.2) is 4.99 Å². The Hall–Kier alpha value is -1.51. The van der Waals surface area contributed by atoms with Crippen molar-refractivity contribution in [3.63, 3.8) is 0 Å². The molecule has 0 saturated carbocycles. The lowest BCUT2D eigenvalue weighted by atomic mass is 10.2. The molecule has 7 heteroatoms. The zero-order valence-electron chi connectivity index (χ0n) is 16.6. The molecule has 1 aromatic carbocycles. The van der Waals surface area contributed by atoms with Crippen LogP contribution in [0.1, 0.15) is 32.3 Å². The predicted molar refractivity (Wildman–Crippen MR) is 118 cm³/mol. The van der Waals surface area contributed by atoms with Crippen molar-refractivity contribution in [2.75, 3.05) is 40.8 Å². The van der Waals surface area contributed by atoms with Crippen LogP contribution in [-0.4, -0.2) is 62.5 Å². The van der Waals surface area contributed by atoms with Gasteiger partial charge in [-0.15, -0.1) is 24.0 Å². The second-order valence-corrected chi connectivity index (χ2v) is 6.14. The highest BCUT2D eigenvalue weighted by Crippen LogP contribution is 2.13. The van der Waals surface area contributed by atoms with Crippen molar-refractivity contribution in [1.29, 1.82) is 0 Å². The number of benzene rings is 1.